The van der Waals surface area contributed by atoms with Gasteiger partial charge in [0.1, 0.15) is 0 Å². The lowest BCUT2D eigenvalue weighted by atomic mass is 10.0. The van der Waals surface area contributed by atoms with Gasteiger partial charge >= 0.3 is 0 Å². The van der Waals surface area contributed by atoms with E-state index in [4.69, 9.17) is 0 Å². The number of nitrogens with one attached hydrogen (secondary N) is 3. The first-order valence-electron chi connectivity index (χ1n) is 5.43. The van der Waals surface area contributed by atoms with Gasteiger partial charge in [0.2, 0.25) is 0 Å². The van der Waals surface area contributed by atoms with Crippen LogP contribution in [-0.4, -0.2) is 43.0 Å². The Morgan fingerprint density at radius 3 is 1.46 bits per heavy atom. The van der Waals surface area contributed by atoms with Crippen LogP contribution < -0.4 is 16.0 Å². The van der Waals surface area contributed by atoms with Crippen LogP contribution in [-0.2, 0) is 0 Å². The molecular weight excluding hydrogens is 164 g/mol. The van der Waals surface area contributed by atoms with Crippen molar-refractivity contribution in [2.75, 3.05) is 19.6 Å². The van der Waals surface area contributed by atoms with E-state index in [1.54, 1.807) is 0 Å². The third-order valence-corrected chi connectivity index (χ3v) is 3.47. The zero-order valence-corrected chi connectivity index (χ0v) is 7.92. The quantitative estimate of drug-likeness (QED) is 0.461. The molecule has 3 saturated heterocycles. The van der Waals surface area contributed by atoms with Gasteiger partial charge in [0.25, 0.3) is 0 Å². The van der Waals surface area contributed by atoms with Crippen LogP contribution >= 0.6 is 0 Å². The molecule has 0 aliphatic carbocycles. The smallest absolute Gasteiger partial charge is 0.0637 e. The summed E-state index contributed by atoms with van der Waals surface area (Å²) in [5.74, 6) is 0. The Hall–Kier alpha value is -0.160. The van der Waals surface area contributed by atoms with E-state index in [2.05, 4.69) is 20.9 Å². The van der Waals surface area contributed by atoms with Gasteiger partial charge in [0.15, 0.2) is 0 Å². The minimum absolute atomic E-state index is 0.623. The van der Waals surface area contributed by atoms with E-state index in [0.717, 1.165) is 0 Å². The molecule has 0 amide bonds. The molecule has 3 heterocycles. The monoisotopic (exact) mass is 182 g/mol. The zero-order chi connectivity index (χ0) is 8.67. The molecule has 74 valence electrons. The van der Waals surface area contributed by atoms with Crippen molar-refractivity contribution < 1.29 is 0 Å². The van der Waals surface area contributed by atoms with Gasteiger partial charge in [0, 0.05) is 0 Å². The number of rotatable bonds is 0. The van der Waals surface area contributed by atoms with E-state index in [0.29, 0.717) is 18.5 Å². The molecule has 0 radical (unpaired) electrons. The van der Waals surface area contributed by atoms with Gasteiger partial charge in [0.05, 0.1) is 18.5 Å². The highest BCUT2D eigenvalue weighted by molar-refractivity contribution is 4.93. The summed E-state index contributed by atoms with van der Waals surface area (Å²) in [6.07, 6.45) is 5.60. The Kier molecular flexibility index (Phi) is 2.01. The molecule has 4 nitrogen and oxygen atoms in total. The van der Waals surface area contributed by atoms with E-state index in [9.17, 15) is 0 Å². The van der Waals surface area contributed by atoms with Crippen molar-refractivity contribution in [1.82, 2.24) is 20.9 Å². The second-order valence-electron chi connectivity index (χ2n) is 4.22. The number of nitrogens with zero attached hydrogens (tertiary/aromatic N) is 1. The van der Waals surface area contributed by atoms with Crippen LogP contribution in [0.2, 0.25) is 0 Å². The van der Waals surface area contributed by atoms with E-state index >= 15 is 0 Å². The predicted molar refractivity (Wildman–Crippen MR) is 51.1 cm³/mol. The predicted octanol–water partition coefficient (Wildman–Crippen LogP) is -0.753. The fourth-order valence-corrected chi connectivity index (χ4v) is 2.88. The largest absolute Gasteiger partial charge is 0.301 e. The van der Waals surface area contributed by atoms with Crippen LogP contribution in [0.15, 0.2) is 0 Å². The lowest BCUT2D eigenvalue weighted by Gasteiger charge is -2.53. The highest BCUT2D eigenvalue weighted by atomic mass is 15.5. The molecular formula is C9H18N4. The molecule has 3 aliphatic heterocycles. The summed E-state index contributed by atoms with van der Waals surface area (Å²) in [4.78, 5) is 2.59. The standard InChI is InChI=1S/C9H18N4/c1-4-10-8-3-6-12-9-2-5-11-7(1)13(8)9/h7-12H,1-6H2/t7-,8-,9+/m0/s1. The third kappa shape index (κ3) is 1.29. The average molecular weight is 182 g/mol. The molecule has 0 unspecified atom stereocenters. The summed E-state index contributed by atoms with van der Waals surface area (Å²) in [5.41, 5.74) is 0. The van der Waals surface area contributed by atoms with Crippen LogP contribution in [0.5, 0.6) is 0 Å². The van der Waals surface area contributed by atoms with Crippen LogP contribution in [0.3, 0.4) is 0 Å². The fourth-order valence-electron chi connectivity index (χ4n) is 2.88. The summed E-state index contributed by atoms with van der Waals surface area (Å²) >= 11 is 0. The maximum Gasteiger partial charge on any atom is 0.0637 e. The molecule has 3 fully saturated rings. The van der Waals surface area contributed by atoms with Crippen LogP contribution in [0.1, 0.15) is 19.3 Å². The second kappa shape index (κ2) is 3.20. The van der Waals surface area contributed by atoms with E-state index in [1.807, 2.05) is 0 Å². The molecule has 0 saturated carbocycles. The van der Waals surface area contributed by atoms with E-state index in [-0.39, 0.29) is 0 Å². The summed E-state index contributed by atoms with van der Waals surface area (Å²) in [5, 5.41) is 10.8. The summed E-state index contributed by atoms with van der Waals surface area (Å²) < 4.78 is 0. The van der Waals surface area contributed by atoms with Crippen molar-refractivity contribution in [3.05, 3.63) is 0 Å². The van der Waals surface area contributed by atoms with Gasteiger partial charge in [-0.2, -0.15) is 0 Å². The molecule has 0 aromatic rings. The zero-order valence-electron chi connectivity index (χ0n) is 7.92. The molecule has 13 heavy (non-hydrogen) atoms. The number of hydrogen-bond acceptors (Lipinski definition) is 4. The minimum atomic E-state index is 0.623. The first kappa shape index (κ1) is 8.17. The van der Waals surface area contributed by atoms with E-state index < -0.39 is 0 Å². The topological polar surface area (TPSA) is 39.3 Å². The maximum absolute atomic E-state index is 3.60. The normalized spacial score (nSPS) is 45.7. The van der Waals surface area contributed by atoms with Crippen LogP contribution in [0.25, 0.3) is 0 Å². The van der Waals surface area contributed by atoms with Gasteiger partial charge < -0.3 is 16.0 Å². The van der Waals surface area contributed by atoms with Gasteiger partial charge in [-0.15, -0.1) is 0 Å². The summed E-state index contributed by atoms with van der Waals surface area (Å²) in [7, 11) is 0. The Morgan fingerprint density at radius 1 is 0.692 bits per heavy atom. The minimum Gasteiger partial charge on any atom is -0.301 e. The Bertz CT molecular complexity index is 151. The third-order valence-electron chi connectivity index (χ3n) is 3.47. The van der Waals surface area contributed by atoms with Gasteiger partial charge in [-0.05, 0) is 38.9 Å². The van der Waals surface area contributed by atoms with Crippen molar-refractivity contribution in [2.24, 2.45) is 0 Å². The molecule has 0 spiro atoms. The Morgan fingerprint density at radius 2 is 1.08 bits per heavy atom. The van der Waals surface area contributed by atoms with E-state index in [1.165, 1.54) is 38.9 Å². The highest BCUT2D eigenvalue weighted by Crippen LogP contribution is 2.23. The maximum atomic E-state index is 3.60. The van der Waals surface area contributed by atoms with Crippen molar-refractivity contribution in [3.8, 4) is 0 Å². The second-order valence-corrected chi connectivity index (χ2v) is 4.22. The lowest BCUT2D eigenvalue weighted by molar-refractivity contribution is -0.0520. The SMILES string of the molecule is C1C[C@H]2NCC[C@H]3NCC[C@H](N1)N23. The Labute approximate surface area is 79.1 Å². The molecule has 3 N–H and O–H groups in total. The molecule has 0 aromatic heterocycles. The molecule has 3 atom stereocenters. The van der Waals surface area contributed by atoms with Crippen LogP contribution in [0.4, 0.5) is 0 Å². The molecule has 4 heteroatoms. The summed E-state index contributed by atoms with van der Waals surface area (Å²) in [6.45, 7) is 3.52. The molecule has 0 aromatic carbocycles. The van der Waals surface area contributed by atoms with Crippen LogP contribution in [0, 0.1) is 0 Å². The fraction of sp³-hybridized carbons (Fsp3) is 1.00. The molecule has 3 aliphatic rings. The first-order valence-corrected chi connectivity index (χ1v) is 5.43. The average Bonchev–Trinajstić information content (AvgIpc) is 2.19. The first-order chi connectivity index (χ1) is 6.45. The van der Waals surface area contributed by atoms with Crippen molar-refractivity contribution >= 4 is 0 Å². The number of hydrogen-bond donors (Lipinski definition) is 3. The van der Waals surface area contributed by atoms with Gasteiger partial charge in [-0.3, -0.25) is 4.90 Å². The van der Waals surface area contributed by atoms with Gasteiger partial charge in [-0.1, -0.05) is 0 Å². The van der Waals surface area contributed by atoms with Crippen molar-refractivity contribution in [1.29, 1.82) is 0 Å². The highest BCUT2D eigenvalue weighted by Gasteiger charge is 2.39. The van der Waals surface area contributed by atoms with Gasteiger partial charge in [-0.25, -0.2) is 0 Å². The van der Waals surface area contributed by atoms with Crippen molar-refractivity contribution in [2.45, 2.75) is 37.8 Å². The molecule has 0 bridgehead atoms. The van der Waals surface area contributed by atoms with Crippen molar-refractivity contribution in [3.63, 3.8) is 0 Å². The Balaban J connectivity index is 1.82. The molecule has 3 rings (SSSR count). The summed E-state index contributed by atoms with van der Waals surface area (Å²) in [6, 6.07) is 0. The lowest BCUT2D eigenvalue weighted by Crippen LogP contribution is -2.72.